The molecule has 29 heavy (non-hydrogen) atoms. The first-order valence-corrected chi connectivity index (χ1v) is 8.64. The first-order chi connectivity index (χ1) is 14.0. The van der Waals surface area contributed by atoms with Crippen molar-refractivity contribution >= 4 is 28.7 Å². The molecule has 0 aliphatic carbocycles. The monoisotopic (exact) mass is 388 g/mol. The molecular formula is C19H16N8O2. The Balaban J connectivity index is 1.76. The number of nitrogens with two attached hydrogens (primary N) is 2. The van der Waals surface area contributed by atoms with Crippen LogP contribution in [0.5, 0.6) is 0 Å². The average Bonchev–Trinajstić information content (AvgIpc) is 3.17. The maximum absolute atomic E-state index is 11.7. The van der Waals surface area contributed by atoms with Gasteiger partial charge in [0.25, 0.3) is 11.8 Å². The van der Waals surface area contributed by atoms with Crippen LogP contribution in [0.25, 0.3) is 22.4 Å². The number of benzene rings is 2. The van der Waals surface area contributed by atoms with Gasteiger partial charge in [0.1, 0.15) is 5.69 Å². The van der Waals surface area contributed by atoms with Crippen LogP contribution < -0.4 is 16.8 Å². The van der Waals surface area contributed by atoms with Gasteiger partial charge in [-0.2, -0.15) is 15.1 Å². The van der Waals surface area contributed by atoms with E-state index < -0.39 is 11.8 Å². The van der Waals surface area contributed by atoms with Gasteiger partial charge < -0.3 is 16.8 Å². The topological polar surface area (TPSA) is 166 Å². The largest absolute Gasteiger partial charge is 0.366 e. The first-order valence-electron chi connectivity index (χ1n) is 8.64. The number of H-pyrrole nitrogens is 1. The summed E-state index contributed by atoms with van der Waals surface area (Å²) in [7, 11) is 0. The zero-order chi connectivity index (χ0) is 20.4. The summed E-state index contributed by atoms with van der Waals surface area (Å²) in [5.74, 6) is -1.28. The summed E-state index contributed by atoms with van der Waals surface area (Å²) in [6, 6.07) is 14.6. The minimum Gasteiger partial charge on any atom is -0.366 e. The van der Waals surface area contributed by atoms with Crippen molar-refractivity contribution in [1.29, 1.82) is 0 Å². The van der Waals surface area contributed by atoms with Crippen LogP contribution in [0.4, 0.5) is 5.95 Å². The van der Waals surface area contributed by atoms with Crippen LogP contribution in [-0.2, 0) is 6.54 Å². The number of nitrogens with one attached hydrogen (secondary N) is 2. The Labute approximate surface area is 164 Å². The second-order valence-corrected chi connectivity index (χ2v) is 6.17. The highest BCUT2D eigenvalue weighted by Crippen LogP contribution is 2.26. The minimum absolute atomic E-state index is 0.136. The molecule has 2 heterocycles. The normalized spacial score (nSPS) is 10.8. The van der Waals surface area contributed by atoms with E-state index in [1.165, 1.54) is 0 Å². The van der Waals surface area contributed by atoms with Crippen LogP contribution >= 0.6 is 0 Å². The molecule has 0 saturated carbocycles. The Kier molecular flexibility index (Phi) is 4.57. The molecule has 6 N–H and O–H groups in total. The number of aromatic nitrogens is 5. The van der Waals surface area contributed by atoms with Crippen LogP contribution in [0.1, 0.15) is 26.5 Å². The summed E-state index contributed by atoms with van der Waals surface area (Å²) in [5.41, 5.74) is 12.9. The number of primary amides is 2. The summed E-state index contributed by atoms with van der Waals surface area (Å²) in [4.78, 5) is 35.9. The molecule has 2 aromatic heterocycles. The van der Waals surface area contributed by atoms with E-state index in [-0.39, 0.29) is 23.2 Å². The fraction of sp³-hybridized carbons (Fsp3) is 0.0526. The second-order valence-electron chi connectivity index (χ2n) is 6.17. The fourth-order valence-electron chi connectivity index (χ4n) is 2.87. The fourth-order valence-corrected chi connectivity index (χ4v) is 2.87. The van der Waals surface area contributed by atoms with Crippen LogP contribution in [-0.4, -0.2) is 37.0 Å². The number of fused-ring (bicyclic) bond motifs is 1. The highest BCUT2D eigenvalue weighted by atomic mass is 16.1. The Bertz CT molecular complexity index is 1220. The highest BCUT2D eigenvalue weighted by molar-refractivity contribution is 6.07. The third kappa shape index (κ3) is 3.58. The molecule has 10 nitrogen and oxygen atoms in total. The number of carbonyl (C=O) groups is 2. The van der Waals surface area contributed by atoms with Gasteiger partial charge in [0.2, 0.25) is 11.8 Å². The van der Waals surface area contributed by atoms with Crippen molar-refractivity contribution in [3.8, 4) is 11.5 Å². The van der Waals surface area contributed by atoms with E-state index in [4.69, 9.17) is 11.5 Å². The summed E-state index contributed by atoms with van der Waals surface area (Å²) in [6.45, 7) is 0.440. The van der Waals surface area contributed by atoms with Gasteiger partial charge in [-0.15, -0.1) is 0 Å². The maximum atomic E-state index is 11.7. The molecule has 0 unspecified atom stereocenters. The molecule has 144 valence electrons. The molecule has 0 aliphatic heterocycles. The number of para-hydroxylation sites is 1. The molecule has 0 aliphatic rings. The van der Waals surface area contributed by atoms with Gasteiger partial charge in [-0.05, 0) is 11.6 Å². The lowest BCUT2D eigenvalue weighted by molar-refractivity contribution is 0.0986. The number of nitrogens with zero attached hydrogens (tertiary/aromatic N) is 4. The first kappa shape index (κ1) is 18.0. The maximum Gasteiger partial charge on any atom is 0.286 e. The lowest BCUT2D eigenvalue weighted by atomic mass is 10.1. The van der Waals surface area contributed by atoms with Gasteiger partial charge >= 0.3 is 0 Å². The summed E-state index contributed by atoms with van der Waals surface area (Å²) < 4.78 is 0. The van der Waals surface area contributed by atoms with Gasteiger partial charge in [-0.1, -0.05) is 42.5 Å². The van der Waals surface area contributed by atoms with E-state index in [1.807, 2.05) is 30.3 Å². The van der Waals surface area contributed by atoms with Crippen LogP contribution in [0.15, 0.2) is 48.5 Å². The quantitative estimate of drug-likeness (QED) is 0.385. The van der Waals surface area contributed by atoms with E-state index in [0.29, 0.717) is 23.1 Å². The van der Waals surface area contributed by atoms with Crippen molar-refractivity contribution in [3.05, 3.63) is 65.5 Å². The molecule has 4 rings (SSSR count). The summed E-state index contributed by atoms with van der Waals surface area (Å²) in [6.07, 6.45) is 0. The molecule has 2 aromatic carbocycles. The average molecular weight is 388 g/mol. The van der Waals surface area contributed by atoms with E-state index >= 15 is 0 Å². The van der Waals surface area contributed by atoms with Crippen molar-refractivity contribution in [2.24, 2.45) is 11.5 Å². The van der Waals surface area contributed by atoms with Crippen LogP contribution in [0, 0.1) is 0 Å². The zero-order valence-electron chi connectivity index (χ0n) is 15.1. The predicted molar refractivity (Wildman–Crippen MR) is 106 cm³/mol. The van der Waals surface area contributed by atoms with Crippen molar-refractivity contribution in [2.45, 2.75) is 6.54 Å². The van der Waals surface area contributed by atoms with Crippen LogP contribution in [0.2, 0.25) is 0 Å². The van der Waals surface area contributed by atoms with Crippen molar-refractivity contribution in [1.82, 2.24) is 25.1 Å². The molecule has 0 atom stereocenters. The van der Waals surface area contributed by atoms with E-state index in [1.54, 1.807) is 18.2 Å². The number of anilines is 1. The van der Waals surface area contributed by atoms with Gasteiger partial charge in [0.15, 0.2) is 5.82 Å². The molecule has 0 bridgehead atoms. The Morgan fingerprint density at radius 2 is 1.72 bits per heavy atom. The smallest absolute Gasteiger partial charge is 0.286 e. The SMILES string of the molecule is NC(=O)c1nc(NCc2ccccc2)nc(-c2n[nH]c3c(C(N)=O)cccc23)n1. The number of hydrogen-bond donors (Lipinski definition) is 4. The van der Waals surface area contributed by atoms with E-state index in [0.717, 1.165) is 5.56 Å². The third-order valence-electron chi connectivity index (χ3n) is 4.23. The number of carbonyl (C=O) groups excluding carboxylic acids is 2. The summed E-state index contributed by atoms with van der Waals surface area (Å²) >= 11 is 0. The Hall–Kier alpha value is -4.34. The lowest BCUT2D eigenvalue weighted by Gasteiger charge is -2.07. The van der Waals surface area contributed by atoms with Gasteiger partial charge in [0.05, 0.1) is 11.1 Å². The van der Waals surface area contributed by atoms with Gasteiger partial charge in [-0.3, -0.25) is 14.7 Å². The lowest BCUT2D eigenvalue weighted by Crippen LogP contribution is -2.18. The number of amides is 2. The van der Waals surface area contributed by atoms with Crippen molar-refractivity contribution in [2.75, 3.05) is 5.32 Å². The van der Waals surface area contributed by atoms with E-state index in [2.05, 4.69) is 30.5 Å². The molecule has 10 heteroatoms. The Morgan fingerprint density at radius 1 is 0.931 bits per heavy atom. The highest BCUT2D eigenvalue weighted by Gasteiger charge is 2.18. The number of rotatable bonds is 6. The minimum atomic E-state index is -0.797. The zero-order valence-corrected chi connectivity index (χ0v) is 15.1. The molecule has 0 saturated heterocycles. The molecule has 0 spiro atoms. The van der Waals surface area contributed by atoms with Crippen molar-refractivity contribution < 1.29 is 9.59 Å². The Morgan fingerprint density at radius 3 is 2.45 bits per heavy atom. The molecule has 4 aromatic rings. The molecular weight excluding hydrogens is 372 g/mol. The van der Waals surface area contributed by atoms with Crippen LogP contribution in [0.3, 0.4) is 0 Å². The third-order valence-corrected chi connectivity index (χ3v) is 4.23. The van der Waals surface area contributed by atoms with Gasteiger partial charge in [-0.25, -0.2) is 4.98 Å². The molecule has 0 radical (unpaired) electrons. The van der Waals surface area contributed by atoms with Gasteiger partial charge in [0, 0.05) is 11.9 Å². The molecule has 2 amide bonds. The number of aromatic amines is 1. The standard InChI is InChI=1S/C19H16N8O2/c20-15(28)12-8-4-7-11-13(12)26-27-14(11)17-23-18(16(21)29)25-19(24-17)22-9-10-5-2-1-3-6-10/h1-8H,9H2,(H2,20,28)(H2,21,29)(H,26,27)(H,22,23,24,25). The number of hydrogen-bond acceptors (Lipinski definition) is 7. The predicted octanol–water partition coefficient (Wildman–Crippen LogP) is 1.22. The van der Waals surface area contributed by atoms with E-state index in [9.17, 15) is 9.59 Å². The van der Waals surface area contributed by atoms with Crippen molar-refractivity contribution in [3.63, 3.8) is 0 Å². The second kappa shape index (κ2) is 7.35. The molecule has 0 fully saturated rings. The summed E-state index contributed by atoms with van der Waals surface area (Å²) in [5, 5.41) is 10.6.